The van der Waals surface area contributed by atoms with Gasteiger partial charge in [-0.3, -0.25) is 0 Å². The third kappa shape index (κ3) is 5.31. The molecule has 2 aromatic carbocycles. The van der Waals surface area contributed by atoms with Crippen LogP contribution in [0.1, 0.15) is 56.2 Å². The summed E-state index contributed by atoms with van der Waals surface area (Å²) in [5.74, 6) is 0.563. The summed E-state index contributed by atoms with van der Waals surface area (Å²) in [6.07, 6.45) is 3.46. The zero-order chi connectivity index (χ0) is 16.0. The minimum Gasteiger partial charge on any atom is -0.392 e. The number of benzene rings is 2. The maximum atomic E-state index is 9.21. The summed E-state index contributed by atoms with van der Waals surface area (Å²) in [5.41, 5.74) is 4.11. The first-order valence-electron chi connectivity index (χ1n) is 8.21. The van der Waals surface area contributed by atoms with Crippen molar-refractivity contribution < 1.29 is 5.11 Å². The van der Waals surface area contributed by atoms with Crippen molar-refractivity contribution in [1.29, 1.82) is 0 Å². The van der Waals surface area contributed by atoms with Gasteiger partial charge in [0.25, 0.3) is 0 Å². The van der Waals surface area contributed by atoms with Gasteiger partial charge in [0, 0.05) is 0 Å². The van der Waals surface area contributed by atoms with Gasteiger partial charge in [-0.15, -0.1) is 0 Å². The third-order valence-corrected chi connectivity index (χ3v) is 4.12. The van der Waals surface area contributed by atoms with E-state index in [0.29, 0.717) is 11.3 Å². The number of rotatable bonds is 6. The number of hydrogen-bond acceptors (Lipinski definition) is 1. The van der Waals surface area contributed by atoms with Crippen molar-refractivity contribution in [2.24, 2.45) is 5.41 Å². The Morgan fingerprint density at radius 2 is 1.50 bits per heavy atom. The van der Waals surface area contributed by atoms with Gasteiger partial charge >= 0.3 is 0 Å². The summed E-state index contributed by atoms with van der Waals surface area (Å²) in [6, 6.07) is 19.2. The molecule has 1 N–H and O–H groups in total. The molecule has 2 rings (SSSR count). The second-order valence-corrected chi connectivity index (χ2v) is 7.39. The predicted octanol–water partition coefficient (Wildman–Crippen LogP) is 5.33. The largest absolute Gasteiger partial charge is 0.392 e. The van der Waals surface area contributed by atoms with E-state index in [9.17, 15) is 5.11 Å². The monoisotopic (exact) mass is 296 g/mol. The van der Waals surface area contributed by atoms with E-state index in [1.165, 1.54) is 24.0 Å². The molecule has 0 aliphatic heterocycles. The van der Waals surface area contributed by atoms with Gasteiger partial charge in [-0.2, -0.15) is 0 Å². The molecule has 0 saturated heterocycles. The highest BCUT2D eigenvalue weighted by molar-refractivity contribution is 5.26. The SMILES string of the molecule is CC(C)(C)CC(CCc1ccccc1)c1ccc(CO)cc1. The predicted molar refractivity (Wildman–Crippen MR) is 93.9 cm³/mol. The van der Waals surface area contributed by atoms with E-state index in [1.54, 1.807) is 0 Å². The van der Waals surface area contributed by atoms with Crippen LogP contribution in [0.25, 0.3) is 0 Å². The number of aryl methyl sites for hydroxylation is 1. The molecule has 1 heteroatoms. The topological polar surface area (TPSA) is 20.2 Å². The Bertz CT molecular complexity index is 549. The Hall–Kier alpha value is -1.60. The van der Waals surface area contributed by atoms with Crippen LogP contribution in [-0.4, -0.2) is 5.11 Å². The fourth-order valence-corrected chi connectivity index (χ4v) is 3.01. The lowest BCUT2D eigenvalue weighted by Gasteiger charge is -2.26. The highest BCUT2D eigenvalue weighted by Gasteiger charge is 2.20. The summed E-state index contributed by atoms with van der Waals surface area (Å²) in [6.45, 7) is 7.05. The van der Waals surface area contributed by atoms with Gasteiger partial charge in [-0.05, 0) is 47.3 Å². The van der Waals surface area contributed by atoms with Crippen molar-refractivity contribution in [3.63, 3.8) is 0 Å². The first-order chi connectivity index (χ1) is 10.5. The maximum Gasteiger partial charge on any atom is 0.0681 e. The van der Waals surface area contributed by atoms with E-state index in [2.05, 4.69) is 63.2 Å². The van der Waals surface area contributed by atoms with Gasteiger partial charge < -0.3 is 5.11 Å². The number of aliphatic hydroxyl groups excluding tert-OH is 1. The van der Waals surface area contributed by atoms with Crippen molar-refractivity contribution in [2.45, 2.75) is 52.6 Å². The van der Waals surface area contributed by atoms with Gasteiger partial charge in [0.1, 0.15) is 0 Å². The quantitative estimate of drug-likeness (QED) is 0.763. The highest BCUT2D eigenvalue weighted by atomic mass is 16.3. The lowest BCUT2D eigenvalue weighted by Crippen LogP contribution is -2.13. The standard InChI is InChI=1S/C21H28O/c1-21(2,3)15-20(14-9-17-7-5-4-6-8-17)19-12-10-18(16-22)11-13-19/h4-8,10-13,20,22H,9,14-16H2,1-3H3. The molecule has 0 spiro atoms. The summed E-state index contributed by atoms with van der Waals surface area (Å²) in [4.78, 5) is 0. The summed E-state index contributed by atoms with van der Waals surface area (Å²) < 4.78 is 0. The molecule has 0 amide bonds. The average Bonchev–Trinajstić information content (AvgIpc) is 2.51. The molecule has 1 atom stereocenters. The third-order valence-electron chi connectivity index (χ3n) is 4.12. The van der Waals surface area contributed by atoms with Crippen LogP contribution >= 0.6 is 0 Å². The molecule has 0 aliphatic rings. The normalized spacial score (nSPS) is 13.1. The van der Waals surface area contributed by atoms with Crippen LogP contribution in [0.15, 0.2) is 54.6 Å². The molecule has 22 heavy (non-hydrogen) atoms. The minimum atomic E-state index is 0.119. The molecule has 0 aromatic heterocycles. The highest BCUT2D eigenvalue weighted by Crippen LogP contribution is 2.34. The molecule has 0 radical (unpaired) electrons. The van der Waals surface area contributed by atoms with Crippen LogP contribution in [0.4, 0.5) is 0 Å². The fourth-order valence-electron chi connectivity index (χ4n) is 3.01. The summed E-state index contributed by atoms with van der Waals surface area (Å²) in [7, 11) is 0. The van der Waals surface area contributed by atoms with Crippen LogP contribution in [0.5, 0.6) is 0 Å². The van der Waals surface area contributed by atoms with Gasteiger partial charge in [-0.1, -0.05) is 75.4 Å². The van der Waals surface area contributed by atoms with E-state index in [0.717, 1.165) is 12.0 Å². The van der Waals surface area contributed by atoms with Gasteiger partial charge in [0.15, 0.2) is 0 Å². The second-order valence-electron chi connectivity index (χ2n) is 7.39. The van der Waals surface area contributed by atoms with Crippen LogP contribution < -0.4 is 0 Å². The lowest BCUT2D eigenvalue weighted by molar-refractivity contribution is 0.281. The molecule has 118 valence electrons. The van der Waals surface area contributed by atoms with Crippen LogP contribution in [-0.2, 0) is 13.0 Å². The molecule has 0 heterocycles. The molecular formula is C21H28O. The minimum absolute atomic E-state index is 0.119. The summed E-state index contributed by atoms with van der Waals surface area (Å²) >= 11 is 0. The lowest BCUT2D eigenvalue weighted by atomic mass is 9.79. The summed E-state index contributed by atoms with van der Waals surface area (Å²) in [5, 5.41) is 9.21. The van der Waals surface area contributed by atoms with Gasteiger partial charge in [-0.25, -0.2) is 0 Å². The van der Waals surface area contributed by atoms with E-state index in [4.69, 9.17) is 0 Å². The van der Waals surface area contributed by atoms with Crippen molar-refractivity contribution in [3.05, 3.63) is 71.3 Å². The van der Waals surface area contributed by atoms with Crippen molar-refractivity contribution >= 4 is 0 Å². The molecule has 1 unspecified atom stereocenters. The second kappa shape index (κ2) is 7.60. The van der Waals surface area contributed by atoms with Crippen molar-refractivity contribution in [2.75, 3.05) is 0 Å². The van der Waals surface area contributed by atoms with Crippen LogP contribution in [0.2, 0.25) is 0 Å². The Morgan fingerprint density at radius 1 is 0.864 bits per heavy atom. The first kappa shape index (κ1) is 16.8. The number of hydrogen-bond donors (Lipinski definition) is 1. The molecule has 0 saturated carbocycles. The Balaban J connectivity index is 2.11. The molecular weight excluding hydrogens is 268 g/mol. The zero-order valence-electron chi connectivity index (χ0n) is 14.0. The average molecular weight is 296 g/mol. The number of aliphatic hydroxyl groups is 1. The molecule has 0 aliphatic carbocycles. The fraction of sp³-hybridized carbons (Fsp3) is 0.429. The Morgan fingerprint density at radius 3 is 2.05 bits per heavy atom. The van der Waals surface area contributed by atoms with Crippen LogP contribution in [0, 0.1) is 5.41 Å². The van der Waals surface area contributed by atoms with E-state index < -0.39 is 0 Å². The first-order valence-corrected chi connectivity index (χ1v) is 8.21. The van der Waals surface area contributed by atoms with Crippen LogP contribution in [0.3, 0.4) is 0 Å². The zero-order valence-corrected chi connectivity index (χ0v) is 14.0. The molecule has 0 bridgehead atoms. The van der Waals surface area contributed by atoms with Crippen molar-refractivity contribution in [1.82, 2.24) is 0 Å². The molecule has 0 fully saturated rings. The van der Waals surface area contributed by atoms with E-state index in [1.807, 2.05) is 12.1 Å². The van der Waals surface area contributed by atoms with Gasteiger partial charge in [0.05, 0.1) is 6.61 Å². The smallest absolute Gasteiger partial charge is 0.0681 e. The molecule has 1 nitrogen and oxygen atoms in total. The maximum absolute atomic E-state index is 9.21. The van der Waals surface area contributed by atoms with Crippen molar-refractivity contribution in [3.8, 4) is 0 Å². The molecule has 2 aromatic rings. The van der Waals surface area contributed by atoms with E-state index >= 15 is 0 Å². The van der Waals surface area contributed by atoms with Gasteiger partial charge in [0.2, 0.25) is 0 Å². The van der Waals surface area contributed by atoms with E-state index in [-0.39, 0.29) is 6.61 Å². The Labute approximate surface area is 135 Å². The Kier molecular flexibility index (Phi) is 5.79.